The highest BCUT2D eigenvalue weighted by Gasteiger charge is 2.46. The first-order valence-electron chi connectivity index (χ1n) is 34.0. The molecule has 0 aliphatic heterocycles. The van der Waals surface area contributed by atoms with E-state index in [1.807, 2.05) is 109 Å². The molecular weight excluding hydrogens is 847 g/mol. The number of para-hydroxylation sites is 1. The second kappa shape index (κ2) is 15.4. The normalized spacial score (nSPS) is 18.8. The molecule has 0 saturated heterocycles. The molecule has 1 aromatic heterocycles. The van der Waals surface area contributed by atoms with Crippen molar-refractivity contribution >= 4 is 49.8 Å². The SMILES string of the molecule is [2H]c1c([2H])c([2H])c2c(c1[2H])-c1c([2H])c(-c3c(-c4c([2H])c([2H])c([2H])c(N(c5ccc6c(c5)C(c5ccccc5)(c5ccccc5)c5ccccc5-6)c5ccc6c(c5)oc5ccccc56)c4[2H])c([2H])c([2H])c4c([2H])c([2H])c([2H])c([2H])c34)c([2H])c([2H])c1C2(C([2H])([2H])[2H])C([2H])([2H])[2H]. The number of benzene rings is 11. The lowest BCUT2D eigenvalue weighted by Crippen LogP contribution is -2.28. The first-order valence-corrected chi connectivity index (χ1v) is 22.5. The van der Waals surface area contributed by atoms with Crippen molar-refractivity contribution in [1.82, 2.24) is 0 Å². The van der Waals surface area contributed by atoms with Crippen LogP contribution in [0, 0.1) is 0 Å². The fourth-order valence-corrected chi connectivity index (χ4v) is 10.7. The highest BCUT2D eigenvalue weighted by Crippen LogP contribution is 2.58. The Hall–Kier alpha value is -8.72. The Labute approximate surface area is 440 Å². The fourth-order valence-electron chi connectivity index (χ4n) is 10.7. The van der Waals surface area contributed by atoms with Gasteiger partial charge in [0.05, 0.1) is 28.7 Å². The molecule has 2 aliphatic rings. The molecular formula is C68H47NO. The molecule has 2 nitrogen and oxygen atoms in total. The molecule has 0 bridgehead atoms. The average molecular weight is 917 g/mol. The van der Waals surface area contributed by atoms with E-state index in [0.717, 1.165) is 38.8 Å². The molecule has 0 N–H and O–H groups in total. The number of rotatable bonds is 7. The van der Waals surface area contributed by atoms with E-state index in [0.29, 0.717) is 16.6 Å². The van der Waals surface area contributed by atoms with Gasteiger partial charge in [0.25, 0.3) is 0 Å². The highest BCUT2D eigenvalue weighted by molar-refractivity contribution is 6.07. The minimum absolute atomic E-state index is 0.238. The summed E-state index contributed by atoms with van der Waals surface area (Å²) in [5, 5.41) is 0.0290. The molecule has 1 heterocycles. The summed E-state index contributed by atoms with van der Waals surface area (Å²) >= 11 is 0. The summed E-state index contributed by atoms with van der Waals surface area (Å²) in [5.74, 6) is 0. The van der Waals surface area contributed by atoms with Gasteiger partial charge in [0, 0.05) is 47.5 Å². The van der Waals surface area contributed by atoms with Crippen molar-refractivity contribution in [2.75, 3.05) is 4.90 Å². The monoisotopic (exact) mass is 917 g/mol. The maximum atomic E-state index is 10.7. The van der Waals surface area contributed by atoms with Crippen LogP contribution in [0.25, 0.3) is 77.2 Å². The number of anilines is 3. The van der Waals surface area contributed by atoms with Gasteiger partial charge >= 0.3 is 0 Å². The van der Waals surface area contributed by atoms with Crippen LogP contribution >= 0.6 is 0 Å². The van der Waals surface area contributed by atoms with E-state index in [9.17, 15) is 16.4 Å². The van der Waals surface area contributed by atoms with E-state index in [1.54, 1.807) is 30.3 Å². The molecule has 2 heteroatoms. The van der Waals surface area contributed by atoms with E-state index < -0.39 is 188 Å². The van der Waals surface area contributed by atoms with Gasteiger partial charge in [-0.15, -0.1) is 0 Å². The van der Waals surface area contributed by atoms with Crippen LogP contribution in [0.2, 0.25) is 0 Å². The van der Waals surface area contributed by atoms with Crippen LogP contribution in [0.3, 0.4) is 0 Å². The predicted octanol–water partition coefficient (Wildman–Crippen LogP) is 18.2. The summed E-state index contributed by atoms with van der Waals surface area (Å²) in [5.41, 5.74) is -5.47. The molecule has 12 aromatic rings. The lowest BCUT2D eigenvalue weighted by molar-refractivity contribution is 0.660. The summed E-state index contributed by atoms with van der Waals surface area (Å²) in [6.07, 6.45) is 0. The van der Waals surface area contributed by atoms with Crippen molar-refractivity contribution in [2.24, 2.45) is 0 Å². The van der Waals surface area contributed by atoms with Crippen molar-refractivity contribution in [3.63, 3.8) is 0 Å². The summed E-state index contributed by atoms with van der Waals surface area (Å²) in [4.78, 5) is 1.51. The zero-order chi connectivity index (χ0) is 66.3. The predicted molar refractivity (Wildman–Crippen MR) is 292 cm³/mol. The summed E-state index contributed by atoms with van der Waals surface area (Å²) in [7, 11) is 0. The largest absolute Gasteiger partial charge is 0.456 e. The molecule has 2 aliphatic carbocycles. The van der Waals surface area contributed by atoms with Gasteiger partial charge in [0.15, 0.2) is 0 Å². The summed E-state index contributed by atoms with van der Waals surface area (Å²) in [6, 6.07) is 28.9. The van der Waals surface area contributed by atoms with Crippen molar-refractivity contribution in [3.8, 4) is 44.5 Å². The van der Waals surface area contributed by atoms with Gasteiger partial charge in [-0.25, -0.2) is 0 Å². The molecule has 0 amide bonds. The second-order valence-electron chi connectivity index (χ2n) is 17.3. The van der Waals surface area contributed by atoms with Crippen LogP contribution in [0.15, 0.2) is 253 Å². The number of hydrogen-bond acceptors (Lipinski definition) is 2. The maximum Gasteiger partial charge on any atom is 0.137 e. The first kappa shape index (κ1) is 23.5. The Morgan fingerprint density at radius 2 is 1.11 bits per heavy atom. The van der Waals surface area contributed by atoms with Gasteiger partial charge in [-0.2, -0.15) is 0 Å². The minimum Gasteiger partial charge on any atom is -0.456 e. The van der Waals surface area contributed by atoms with Gasteiger partial charge in [0.1, 0.15) is 11.2 Å². The van der Waals surface area contributed by atoms with Gasteiger partial charge in [-0.05, 0) is 137 Å². The molecule has 0 unspecified atom stereocenters. The van der Waals surface area contributed by atoms with E-state index in [2.05, 4.69) is 6.07 Å². The third kappa shape index (κ3) is 5.87. The topological polar surface area (TPSA) is 16.4 Å². The van der Waals surface area contributed by atoms with Crippen LogP contribution < -0.4 is 4.90 Å². The van der Waals surface area contributed by atoms with Gasteiger partial charge in [-0.1, -0.05) is 207 Å². The quantitative estimate of drug-likeness (QED) is 0.158. The van der Waals surface area contributed by atoms with Crippen LogP contribution in [-0.2, 0) is 10.8 Å². The molecule has 330 valence electrons. The Balaban J connectivity index is 1.14. The van der Waals surface area contributed by atoms with Crippen LogP contribution in [0.4, 0.5) is 17.1 Å². The third-order valence-corrected chi connectivity index (χ3v) is 13.7. The fraction of sp³-hybridized carbons (Fsp3) is 0.0588. The maximum absolute atomic E-state index is 10.7. The number of nitrogens with zero attached hydrogens (tertiary/aromatic N) is 1. The Bertz CT molecular complexity index is 5240. The molecule has 0 fully saturated rings. The van der Waals surface area contributed by atoms with Crippen LogP contribution in [0.1, 0.15) is 78.6 Å². The Morgan fingerprint density at radius 1 is 0.414 bits per heavy atom. The first-order chi connectivity index (χ1) is 44.1. The van der Waals surface area contributed by atoms with E-state index in [4.69, 9.17) is 19.5 Å². The molecule has 0 saturated carbocycles. The highest BCUT2D eigenvalue weighted by atomic mass is 16.3. The number of hydrogen-bond donors (Lipinski definition) is 0. The Kier molecular flexibility index (Phi) is 5.18. The lowest BCUT2D eigenvalue weighted by Gasteiger charge is -2.35. The molecule has 14 rings (SSSR count). The van der Waals surface area contributed by atoms with Crippen molar-refractivity contribution < 1.29 is 35.9 Å². The zero-order valence-corrected chi connectivity index (χ0v) is 36.7. The molecule has 0 radical (unpaired) electrons. The lowest BCUT2D eigenvalue weighted by atomic mass is 9.67. The van der Waals surface area contributed by atoms with E-state index >= 15 is 0 Å². The zero-order valence-electron chi connectivity index (χ0n) is 59.7. The van der Waals surface area contributed by atoms with Crippen LogP contribution in [0.5, 0.6) is 0 Å². The number of furan rings is 1. The van der Waals surface area contributed by atoms with Gasteiger partial charge in [-0.3, -0.25) is 0 Å². The summed E-state index contributed by atoms with van der Waals surface area (Å²) < 4.78 is 223. The van der Waals surface area contributed by atoms with Crippen molar-refractivity contribution in [3.05, 3.63) is 282 Å². The summed E-state index contributed by atoms with van der Waals surface area (Å²) in [6.45, 7) is -7.64. The Morgan fingerprint density at radius 3 is 1.97 bits per heavy atom. The van der Waals surface area contributed by atoms with Gasteiger partial charge in [0.2, 0.25) is 0 Å². The third-order valence-electron chi connectivity index (χ3n) is 13.7. The van der Waals surface area contributed by atoms with Crippen molar-refractivity contribution in [2.45, 2.75) is 24.5 Å². The van der Waals surface area contributed by atoms with E-state index in [1.165, 1.54) is 4.90 Å². The second-order valence-corrected chi connectivity index (χ2v) is 17.3. The average Bonchev–Trinajstić information content (AvgIpc) is 1.53. The van der Waals surface area contributed by atoms with Gasteiger partial charge < -0.3 is 9.32 Å². The smallest absolute Gasteiger partial charge is 0.137 e. The van der Waals surface area contributed by atoms with Crippen LogP contribution in [-0.4, -0.2) is 0 Å². The minimum atomic E-state index is -3.82. The molecule has 0 spiro atoms. The number of fused-ring (bicyclic) bond motifs is 10. The standard InChI is InChI=1S/C68H47NO/c1-67(2)60-29-14-11-27-55(60)59-41-46(33-39-61(59)67)66-52-25-10-9-18-44(52)32-36-53(66)45-19-17-24-49(40-45)69(51-35-38-58-57-28-13-16-31-64(57)70-65(58)43-51)50-34-37-56-54-26-12-15-30-62(54)68(63(56)42-50,47-20-5-3-6-21-47)48-22-7-4-8-23-48/h3-43H,1-2H3/i1D3,2D3,9D,10D,11D,14D,17D,18D,19D,24D,25D,27D,29D,32D,33D,36D,39D,40D,41D. The molecule has 70 heavy (non-hydrogen) atoms. The molecule has 11 aromatic carbocycles. The molecule has 0 atom stereocenters. The van der Waals surface area contributed by atoms with E-state index in [-0.39, 0.29) is 11.4 Å². The van der Waals surface area contributed by atoms with Crippen molar-refractivity contribution in [1.29, 1.82) is 0 Å².